The molecule has 122 valence electrons. The second-order valence-electron chi connectivity index (χ2n) is 6.55. The van der Waals surface area contributed by atoms with Crippen LogP contribution in [0.25, 0.3) is 0 Å². The van der Waals surface area contributed by atoms with Crippen molar-refractivity contribution in [2.75, 3.05) is 26.2 Å². The number of piperidine rings is 1. The molecule has 2 rings (SSSR count). The smallest absolute Gasteiger partial charge is 0.317 e. The average molecular weight is 304 g/mol. The van der Waals surface area contributed by atoms with E-state index in [1.54, 1.807) is 0 Å². The van der Waals surface area contributed by atoms with Gasteiger partial charge in [-0.3, -0.25) is 0 Å². The number of hydrogen-bond acceptors (Lipinski definition) is 2. The minimum absolute atomic E-state index is 0.0642. The Morgan fingerprint density at radius 3 is 2.64 bits per heavy atom. The highest BCUT2D eigenvalue weighted by Crippen LogP contribution is 2.20. The van der Waals surface area contributed by atoms with Gasteiger partial charge in [0.25, 0.3) is 0 Å². The van der Waals surface area contributed by atoms with Crippen molar-refractivity contribution < 1.29 is 9.53 Å². The summed E-state index contributed by atoms with van der Waals surface area (Å²) in [6.07, 6.45) is 2.03. The molecule has 2 unspecified atom stereocenters. The van der Waals surface area contributed by atoms with Gasteiger partial charge in [0.15, 0.2) is 0 Å². The fourth-order valence-corrected chi connectivity index (χ4v) is 3.11. The summed E-state index contributed by atoms with van der Waals surface area (Å²) in [5.41, 5.74) is 1.14. The van der Waals surface area contributed by atoms with Crippen LogP contribution < -0.4 is 10.1 Å². The Morgan fingerprint density at radius 2 is 1.95 bits per heavy atom. The Hall–Kier alpha value is -1.71. The lowest BCUT2D eigenvalue weighted by Crippen LogP contribution is -2.47. The molecule has 4 nitrogen and oxygen atoms in total. The van der Waals surface area contributed by atoms with Gasteiger partial charge in [-0.05, 0) is 43.2 Å². The third kappa shape index (κ3) is 4.93. The van der Waals surface area contributed by atoms with Crippen molar-refractivity contribution in [3.05, 3.63) is 29.8 Å². The summed E-state index contributed by atoms with van der Waals surface area (Å²) in [6.45, 7) is 9.49. The standard InChI is InChI=1S/C18H28N2O2/c1-14-11-15(2)13-20(12-14)18(21)19-9-6-10-22-17-8-5-4-7-16(17)3/h4-5,7-8,14-15H,6,9-13H2,1-3H3,(H,19,21). The number of carbonyl (C=O) groups excluding carboxylic acids is 1. The lowest BCUT2D eigenvalue weighted by atomic mass is 9.92. The largest absolute Gasteiger partial charge is 0.493 e. The van der Waals surface area contributed by atoms with E-state index < -0.39 is 0 Å². The monoisotopic (exact) mass is 304 g/mol. The number of carbonyl (C=O) groups is 1. The van der Waals surface area contributed by atoms with E-state index in [2.05, 4.69) is 19.2 Å². The number of rotatable bonds is 5. The van der Waals surface area contributed by atoms with Crippen LogP contribution in [0.5, 0.6) is 5.75 Å². The number of urea groups is 1. The summed E-state index contributed by atoms with van der Waals surface area (Å²) in [5.74, 6) is 2.12. The fourth-order valence-electron chi connectivity index (χ4n) is 3.11. The third-order valence-electron chi connectivity index (χ3n) is 4.10. The normalized spacial score (nSPS) is 21.5. The lowest BCUT2D eigenvalue weighted by molar-refractivity contribution is 0.145. The van der Waals surface area contributed by atoms with Crippen molar-refractivity contribution in [1.29, 1.82) is 0 Å². The number of benzene rings is 1. The van der Waals surface area contributed by atoms with Crippen LogP contribution in [0.2, 0.25) is 0 Å². The lowest BCUT2D eigenvalue weighted by Gasteiger charge is -2.34. The Bertz CT molecular complexity index is 480. The van der Waals surface area contributed by atoms with Gasteiger partial charge in [-0.2, -0.15) is 0 Å². The Balaban J connectivity index is 1.64. The second-order valence-corrected chi connectivity index (χ2v) is 6.55. The van der Waals surface area contributed by atoms with Gasteiger partial charge in [-0.1, -0.05) is 32.0 Å². The minimum atomic E-state index is 0.0642. The van der Waals surface area contributed by atoms with Crippen molar-refractivity contribution in [2.24, 2.45) is 11.8 Å². The van der Waals surface area contributed by atoms with E-state index in [4.69, 9.17) is 4.74 Å². The summed E-state index contributed by atoms with van der Waals surface area (Å²) < 4.78 is 5.73. The zero-order valence-corrected chi connectivity index (χ0v) is 14.0. The van der Waals surface area contributed by atoms with Crippen LogP contribution in [0.4, 0.5) is 4.79 Å². The van der Waals surface area contributed by atoms with Crippen molar-refractivity contribution in [2.45, 2.75) is 33.6 Å². The maximum Gasteiger partial charge on any atom is 0.317 e. The predicted molar refractivity (Wildman–Crippen MR) is 89.2 cm³/mol. The van der Waals surface area contributed by atoms with Crippen LogP contribution >= 0.6 is 0 Å². The van der Waals surface area contributed by atoms with Crippen molar-refractivity contribution in [3.8, 4) is 5.75 Å². The summed E-state index contributed by atoms with van der Waals surface area (Å²) >= 11 is 0. The molecule has 1 fully saturated rings. The van der Waals surface area contributed by atoms with Gasteiger partial charge in [0, 0.05) is 19.6 Å². The first-order chi connectivity index (χ1) is 10.6. The third-order valence-corrected chi connectivity index (χ3v) is 4.10. The first kappa shape index (κ1) is 16.7. The van der Waals surface area contributed by atoms with E-state index in [9.17, 15) is 4.79 Å². The molecule has 1 aliphatic heterocycles. The fraction of sp³-hybridized carbons (Fsp3) is 0.611. The molecule has 22 heavy (non-hydrogen) atoms. The minimum Gasteiger partial charge on any atom is -0.493 e. The molecule has 0 aromatic heterocycles. The number of nitrogens with zero attached hydrogens (tertiary/aromatic N) is 1. The number of ether oxygens (including phenoxy) is 1. The van der Waals surface area contributed by atoms with E-state index in [0.717, 1.165) is 30.8 Å². The van der Waals surface area contributed by atoms with Gasteiger partial charge in [-0.25, -0.2) is 4.79 Å². The first-order valence-corrected chi connectivity index (χ1v) is 8.27. The number of para-hydroxylation sites is 1. The molecule has 0 aliphatic carbocycles. The van der Waals surface area contributed by atoms with Crippen LogP contribution in [-0.2, 0) is 0 Å². The molecule has 1 N–H and O–H groups in total. The number of aryl methyl sites for hydroxylation is 1. The first-order valence-electron chi connectivity index (χ1n) is 8.27. The Morgan fingerprint density at radius 1 is 1.27 bits per heavy atom. The van der Waals surface area contributed by atoms with Crippen LogP contribution in [0, 0.1) is 18.8 Å². The molecule has 4 heteroatoms. The zero-order valence-electron chi connectivity index (χ0n) is 14.0. The highest BCUT2D eigenvalue weighted by Gasteiger charge is 2.24. The summed E-state index contributed by atoms with van der Waals surface area (Å²) in [5, 5.41) is 3.00. The van der Waals surface area contributed by atoms with Gasteiger partial charge in [0.05, 0.1) is 6.61 Å². The molecule has 1 aromatic carbocycles. The van der Waals surface area contributed by atoms with E-state index in [1.165, 1.54) is 6.42 Å². The van der Waals surface area contributed by atoms with Crippen molar-refractivity contribution >= 4 is 6.03 Å². The molecule has 0 radical (unpaired) electrons. The molecule has 2 amide bonds. The molecule has 0 spiro atoms. The molecule has 1 saturated heterocycles. The molecule has 0 saturated carbocycles. The molecular formula is C18H28N2O2. The van der Waals surface area contributed by atoms with Crippen LogP contribution in [0.15, 0.2) is 24.3 Å². The molecular weight excluding hydrogens is 276 g/mol. The second kappa shape index (κ2) is 8.06. The maximum atomic E-state index is 12.2. The predicted octanol–water partition coefficient (Wildman–Crippen LogP) is 3.45. The van der Waals surface area contributed by atoms with Crippen molar-refractivity contribution in [1.82, 2.24) is 10.2 Å². The van der Waals surface area contributed by atoms with Crippen molar-refractivity contribution in [3.63, 3.8) is 0 Å². The average Bonchev–Trinajstić information content (AvgIpc) is 2.47. The van der Waals surface area contributed by atoms with E-state index in [1.807, 2.05) is 36.1 Å². The van der Waals surface area contributed by atoms with E-state index in [-0.39, 0.29) is 6.03 Å². The van der Waals surface area contributed by atoms with Crippen LogP contribution in [-0.4, -0.2) is 37.2 Å². The quantitative estimate of drug-likeness (QED) is 0.847. The van der Waals surface area contributed by atoms with Gasteiger partial charge in [0.1, 0.15) is 5.75 Å². The van der Waals surface area contributed by atoms with Crippen LogP contribution in [0.1, 0.15) is 32.3 Å². The number of nitrogens with one attached hydrogen (secondary N) is 1. The Labute approximate surface area is 133 Å². The Kier molecular flexibility index (Phi) is 6.10. The molecule has 0 bridgehead atoms. The van der Waals surface area contributed by atoms with Gasteiger partial charge in [0.2, 0.25) is 0 Å². The van der Waals surface area contributed by atoms with E-state index >= 15 is 0 Å². The maximum absolute atomic E-state index is 12.2. The zero-order chi connectivity index (χ0) is 15.9. The summed E-state index contributed by atoms with van der Waals surface area (Å²) in [4.78, 5) is 14.1. The van der Waals surface area contributed by atoms with Gasteiger partial charge in [-0.15, -0.1) is 0 Å². The SMILES string of the molecule is Cc1ccccc1OCCCNC(=O)N1CC(C)CC(C)C1. The van der Waals surface area contributed by atoms with Crippen LogP contribution in [0.3, 0.4) is 0 Å². The van der Waals surface area contributed by atoms with E-state index in [0.29, 0.717) is 25.0 Å². The molecule has 1 heterocycles. The molecule has 1 aliphatic rings. The highest BCUT2D eigenvalue weighted by atomic mass is 16.5. The molecule has 2 atom stereocenters. The highest BCUT2D eigenvalue weighted by molar-refractivity contribution is 5.74. The summed E-state index contributed by atoms with van der Waals surface area (Å²) in [7, 11) is 0. The van der Waals surface area contributed by atoms with Gasteiger partial charge >= 0.3 is 6.03 Å². The summed E-state index contributed by atoms with van der Waals surface area (Å²) in [6, 6.07) is 8.06. The topological polar surface area (TPSA) is 41.6 Å². The van der Waals surface area contributed by atoms with Gasteiger partial charge < -0.3 is 15.0 Å². The number of amides is 2. The number of hydrogen-bond donors (Lipinski definition) is 1. The molecule has 1 aromatic rings. The number of likely N-dealkylation sites (tertiary alicyclic amines) is 1.